The Labute approximate surface area is 168 Å². The Bertz CT molecular complexity index is 657. The van der Waals surface area contributed by atoms with Crippen molar-refractivity contribution in [3.05, 3.63) is 29.3 Å². The molecule has 1 aliphatic heterocycles. The Hall–Kier alpha value is -2.12. The van der Waals surface area contributed by atoms with Crippen LogP contribution in [0.1, 0.15) is 25.0 Å². The monoisotopic (exact) mass is 392 g/mol. The Kier molecular flexibility index (Phi) is 8.73. The fourth-order valence-electron chi connectivity index (χ4n) is 3.75. The number of amides is 2. The van der Waals surface area contributed by atoms with Gasteiger partial charge in [-0.15, -0.1) is 0 Å². The Balaban J connectivity index is 1.82. The zero-order chi connectivity index (χ0) is 20.5. The van der Waals surface area contributed by atoms with Crippen molar-refractivity contribution < 1.29 is 24.1 Å². The molecule has 1 heterocycles. The molecule has 1 aromatic carbocycles. The third-order valence-corrected chi connectivity index (χ3v) is 5.38. The normalized spacial score (nSPS) is 19.1. The zero-order valence-electron chi connectivity index (χ0n) is 17.8. The highest BCUT2D eigenvalue weighted by atomic mass is 16.5. The van der Waals surface area contributed by atoms with Gasteiger partial charge in [0.05, 0.1) is 13.7 Å². The van der Waals surface area contributed by atoms with Crippen LogP contribution in [0.15, 0.2) is 18.2 Å². The van der Waals surface area contributed by atoms with Gasteiger partial charge in [-0.2, -0.15) is 0 Å². The molecule has 7 heteroatoms. The van der Waals surface area contributed by atoms with E-state index in [0.29, 0.717) is 19.6 Å². The van der Waals surface area contributed by atoms with E-state index in [4.69, 9.17) is 4.74 Å². The Morgan fingerprint density at radius 2 is 1.82 bits per heavy atom. The largest absolute Gasteiger partial charge is 0.496 e. The van der Waals surface area contributed by atoms with E-state index in [2.05, 4.69) is 24.4 Å². The maximum absolute atomic E-state index is 12.6. The van der Waals surface area contributed by atoms with E-state index in [9.17, 15) is 9.59 Å². The van der Waals surface area contributed by atoms with E-state index in [1.165, 1.54) is 20.9 Å². The van der Waals surface area contributed by atoms with Gasteiger partial charge >= 0.3 is 0 Å². The standard InChI is InChI=1S/C21H34N4O3/c1-5-22-20(26)15-25(6-2)21(27)16-24-11-9-23(10-12-24)14-18-13-17(3)7-8-19(18)28-4/h7-8,13H,5-6,9-12,14-16H2,1-4H3,(H,22,26)/p+2. The van der Waals surface area contributed by atoms with Crippen LogP contribution in [-0.4, -0.2) is 76.2 Å². The summed E-state index contributed by atoms with van der Waals surface area (Å²) in [6, 6.07) is 6.32. The van der Waals surface area contributed by atoms with Crippen LogP contribution in [0.25, 0.3) is 0 Å². The number of rotatable bonds is 9. The topological polar surface area (TPSA) is 67.5 Å². The van der Waals surface area contributed by atoms with Gasteiger partial charge in [-0.1, -0.05) is 11.6 Å². The molecule has 1 aliphatic rings. The second kappa shape index (κ2) is 11.0. The number of hydrogen-bond donors (Lipinski definition) is 3. The molecule has 2 rings (SSSR count). The summed E-state index contributed by atoms with van der Waals surface area (Å²) in [7, 11) is 1.72. The molecule has 0 aliphatic carbocycles. The number of piperazine rings is 1. The van der Waals surface area contributed by atoms with Crippen LogP contribution in [0.2, 0.25) is 0 Å². The number of carbonyl (C=O) groups excluding carboxylic acids is 2. The molecule has 1 saturated heterocycles. The average Bonchev–Trinajstić information content (AvgIpc) is 2.68. The highest BCUT2D eigenvalue weighted by Crippen LogP contribution is 2.18. The van der Waals surface area contributed by atoms with Gasteiger partial charge in [0.25, 0.3) is 5.91 Å². The summed E-state index contributed by atoms with van der Waals surface area (Å²) in [5.41, 5.74) is 2.49. The van der Waals surface area contributed by atoms with Crippen molar-refractivity contribution in [2.75, 3.05) is 59.5 Å². The number of quaternary nitrogens is 2. The first kappa shape index (κ1) is 22.2. The summed E-state index contributed by atoms with van der Waals surface area (Å²) >= 11 is 0. The highest BCUT2D eigenvalue weighted by Gasteiger charge is 2.27. The smallest absolute Gasteiger partial charge is 0.278 e. The summed E-state index contributed by atoms with van der Waals surface area (Å²) in [4.78, 5) is 28.8. The second-order valence-corrected chi connectivity index (χ2v) is 7.53. The SMILES string of the molecule is CCNC(=O)CN(CC)C(=O)C[NH+]1CC[NH+](Cc2cc(C)ccc2OC)CC1. The molecular weight excluding hydrogens is 356 g/mol. The molecule has 0 aromatic heterocycles. The van der Waals surface area contributed by atoms with E-state index in [1.54, 1.807) is 12.0 Å². The van der Waals surface area contributed by atoms with E-state index < -0.39 is 0 Å². The number of nitrogens with one attached hydrogen (secondary N) is 3. The lowest BCUT2D eigenvalue weighted by atomic mass is 10.1. The first-order valence-electron chi connectivity index (χ1n) is 10.3. The molecule has 0 unspecified atom stereocenters. The van der Waals surface area contributed by atoms with Gasteiger partial charge in [-0.25, -0.2) is 0 Å². The molecule has 1 aromatic rings. The summed E-state index contributed by atoms with van der Waals surface area (Å²) < 4.78 is 5.50. The molecular formula is C21H36N4O3+2. The number of methoxy groups -OCH3 is 1. The summed E-state index contributed by atoms with van der Waals surface area (Å²) in [5, 5.41) is 2.76. The zero-order valence-corrected chi connectivity index (χ0v) is 17.8. The minimum atomic E-state index is -0.0888. The van der Waals surface area contributed by atoms with E-state index >= 15 is 0 Å². The molecule has 1 fully saturated rings. The summed E-state index contributed by atoms with van der Waals surface area (Å²) in [6.45, 7) is 12.6. The summed E-state index contributed by atoms with van der Waals surface area (Å²) in [6.07, 6.45) is 0. The van der Waals surface area contributed by atoms with Crippen molar-refractivity contribution in [2.45, 2.75) is 27.3 Å². The number of benzene rings is 1. The van der Waals surface area contributed by atoms with Crippen LogP contribution < -0.4 is 19.9 Å². The van der Waals surface area contributed by atoms with Gasteiger partial charge in [-0.3, -0.25) is 9.59 Å². The minimum Gasteiger partial charge on any atom is -0.496 e. The predicted molar refractivity (Wildman–Crippen MR) is 109 cm³/mol. The lowest BCUT2D eigenvalue weighted by Gasteiger charge is -2.31. The lowest BCUT2D eigenvalue weighted by molar-refractivity contribution is -1.02. The fourth-order valence-corrected chi connectivity index (χ4v) is 3.75. The van der Waals surface area contributed by atoms with Crippen LogP contribution >= 0.6 is 0 Å². The van der Waals surface area contributed by atoms with Crippen LogP contribution in [0, 0.1) is 6.92 Å². The predicted octanol–water partition coefficient (Wildman–Crippen LogP) is -1.73. The van der Waals surface area contributed by atoms with Crippen LogP contribution in [0.4, 0.5) is 0 Å². The molecule has 0 atom stereocenters. The van der Waals surface area contributed by atoms with Crippen molar-refractivity contribution in [2.24, 2.45) is 0 Å². The van der Waals surface area contributed by atoms with Crippen molar-refractivity contribution in [3.8, 4) is 5.75 Å². The van der Waals surface area contributed by atoms with Crippen molar-refractivity contribution in [1.82, 2.24) is 10.2 Å². The Morgan fingerprint density at radius 1 is 1.14 bits per heavy atom. The van der Waals surface area contributed by atoms with Crippen LogP contribution in [0.3, 0.4) is 0 Å². The molecule has 2 amide bonds. The number of hydrogen-bond acceptors (Lipinski definition) is 3. The molecule has 3 N–H and O–H groups in total. The number of ether oxygens (including phenoxy) is 1. The molecule has 0 radical (unpaired) electrons. The van der Waals surface area contributed by atoms with Gasteiger partial charge in [0.15, 0.2) is 6.54 Å². The average molecular weight is 393 g/mol. The van der Waals surface area contributed by atoms with Crippen molar-refractivity contribution in [3.63, 3.8) is 0 Å². The molecule has 28 heavy (non-hydrogen) atoms. The van der Waals surface area contributed by atoms with Gasteiger partial charge < -0.3 is 24.8 Å². The van der Waals surface area contributed by atoms with E-state index in [1.807, 2.05) is 19.9 Å². The maximum Gasteiger partial charge on any atom is 0.278 e. The molecule has 7 nitrogen and oxygen atoms in total. The third-order valence-electron chi connectivity index (χ3n) is 5.38. The quantitative estimate of drug-likeness (QED) is 0.468. The van der Waals surface area contributed by atoms with Gasteiger partial charge in [0.1, 0.15) is 38.5 Å². The first-order chi connectivity index (χ1) is 13.5. The number of aryl methyl sites for hydroxylation is 1. The minimum absolute atomic E-state index is 0.0626. The lowest BCUT2D eigenvalue weighted by Crippen LogP contribution is -3.28. The Morgan fingerprint density at radius 3 is 2.43 bits per heavy atom. The van der Waals surface area contributed by atoms with E-state index in [0.717, 1.165) is 38.5 Å². The van der Waals surface area contributed by atoms with Gasteiger partial charge in [0.2, 0.25) is 5.91 Å². The molecule has 0 spiro atoms. The van der Waals surface area contributed by atoms with E-state index in [-0.39, 0.29) is 18.4 Å². The molecule has 156 valence electrons. The number of likely N-dealkylation sites (N-methyl/N-ethyl adjacent to an activating group) is 2. The highest BCUT2D eigenvalue weighted by molar-refractivity contribution is 5.85. The van der Waals surface area contributed by atoms with Crippen LogP contribution in [-0.2, 0) is 16.1 Å². The second-order valence-electron chi connectivity index (χ2n) is 7.53. The van der Waals surface area contributed by atoms with Crippen LogP contribution in [0.5, 0.6) is 5.75 Å². The number of nitrogens with zero attached hydrogens (tertiary/aromatic N) is 1. The maximum atomic E-state index is 12.6. The van der Waals surface area contributed by atoms with Crippen molar-refractivity contribution in [1.29, 1.82) is 0 Å². The summed E-state index contributed by atoms with van der Waals surface area (Å²) in [5.74, 6) is 0.925. The number of carbonyl (C=O) groups is 2. The fraction of sp³-hybridized carbons (Fsp3) is 0.619. The molecule has 0 bridgehead atoms. The first-order valence-corrected chi connectivity index (χ1v) is 10.3. The molecule has 0 saturated carbocycles. The van der Waals surface area contributed by atoms with Gasteiger partial charge in [0, 0.05) is 18.7 Å². The van der Waals surface area contributed by atoms with Gasteiger partial charge in [-0.05, 0) is 32.9 Å². The third kappa shape index (κ3) is 6.49. The van der Waals surface area contributed by atoms with Crippen molar-refractivity contribution >= 4 is 11.8 Å².